The van der Waals surface area contributed by atoms with Crippen molar-refractivity contribution in [2.75, 3.05) is 51.5 Å². The molecule has 1 saturated heterocycles. The van der Waals surface area contributed by atoms with Crippen LogP contribution in [0.4, 0.5) is 5.69 Å². The molecule has 0 saturated carbocycles. The third-order valence-electron chi connectivity index (χ3n) is 5.24. The van der Waals surface area contributed by atoms with Gasteiger partial charge in [0, 0.05) is 32.4 Å². The molecule has 7 nitrogen and oxygen atoms in total. The Morgan fingerprint density at radius 2 is 1.84 bits per heavy atom. The summed E-state index contributed by atoms with van der Waals surface area (Å²) in [4.78, 5) is 2.08. The van der Waals surface area contributed by atoms with E-state index >= 15 is 0 Å². The monoisotopic (exact) mass is 443 g/mol. The molecule has 1 aliphatic rings. The van der Waals surface area contributed by atoms with Gasteiger partial charge in [-0.15, -0.1) is 0 Å². The highest BCUT2D eigenvalue weighted by molar-refractivity contribution is 7.93. The van der Waals surface area contributed by atoms with Crippen LogP contribution in [-0.4, -0.2) is 55.0 Å². The van der Waals surface area contributed by atoms with Crippen molar-refractivity contribution in [2.24, 2.45) is 0 Å². The first-order chi connectivity index (χ1) is 15.0. The Labute approximate surface area is 184 Å². The molecule has 0 amide bonds. The molecule has 0 radical (unpaired) electrons. The highest BCUT2D eigenvalue weighted by Gasteiger charge is 2.17. The van der Waals surface area contributed by atoms with Gasteiger partial charge in [-0.05, 0) is 59.9 Å². The molecule has 3 rings (SSSR count). The minimum Gasteiger partial charge on any atom is -0.382 e. The summed E-state index contributed by atoms with van der Waals surface area (Å²) in [6.07, 6.45) is 5.13. The number of ether oxygens (including phenoxy) is 2. The molecule has 0 bridgehead atoms. The van der Waals surface area contributed by atoms with Gasteiger partial charge in [0.1, 0.15) is 6.07 Å². The highest BCUT2D eigenvalue weighted by atomic mass is 32.2. The number of piperidine rings is 1. The van der Waals surface area contributed by atoms with Gasteiger partial charge in [0.2, 0.25) is 0 Å². The van der Waals surface area contributed by atoms with Crippen LogP contribution in [0.3, 0.4) is 0 Å². The molecule has 2 aromatic carbocycles. The van der Waals surface area contributed by atoms with Crippen molar-refractivity contribution in [2.45, 2.75) is 19.3 Å². The molecule has 1 aliphatic heterocycles. The van der Waals surface area contributed by atoms with Crippen LogP contribution in [-0.2, 0) is 19.5 Å². The second-order valence-electron chi connectivity index (χ2n) is 7.46. The second-order valence-corrected chi connectivity index (χ2v) is 9.20. The van der Waals surface area contributed by atoms with Crippen LogP contribution in [0.1, 0.15) is 24.8 Å². The van der Waals surface area contributed by atoms with Crippen molar-refractivity contribution in [3.63, 3.8) is 0 Å². The Hall–Kier alpha value is -2.44. The number of rotatable bonds is 10. The molecule has 0 aromatic heterocycles. The van der Waals surface area contributed by atoms with Crippen molar-refractivity contribution in [1.82, 2.24) is 4.72 Å². The number of allylic oxidation sites excluding steroid dienone is 1. The number of nitrogens with zero attached hydrogens (tertiary/aromatic N) is 2. The summed E-state index contributed by atoms with van der Waals surface area (Å²) in [7, 11) is -2.34. The van der Waals surface area contributed by atoms with E-state index in [1.54, 1.807) is 13.2 Å². The molecule has 8 heteroatoms. The smallest absolute Gasteiger partial charge is 0.250 e. The van der Waals surface area contributed by atoms with Crippen LogP contribution in [0.25, 0.3) is 16.8 Å². The summed E-state index contributed by atoms with van der Waals surface area (Å²) in [5.41, 5.74) is 1.88. The molecule has 0 unspecified atom stereocenters. The summed E-state index contributed by atoms with van der Waals surface area (Å²) >= 11 is 0. The summed E-state index contributed by atoms with van der Waals surface area (Å²) < 4.78 is 37.4. The summed E-state index contributed by atoms with van der Waals surface area (Å²) in [6.45, 7) is 3.28. The third kappa shape index (κ3) is 6.52. The van der Waals surface area contributed by atoms with E-state index < -0.39 is 10.0 Å². The van der Waals surface area contributed by atoms with Gasteiger partial charge in [0.05, 0.1) is 19.8 Å². The van der Waals surface area contributed by atoms with Crippen molar-refractivity contribution in [1.29, 1.82) is 5.26 Å². The molecule has 1 fully saturated rings. The van der Waals surface area contributed by atoms with Crippen molar-refractivity contribution in [3.05, 3.63) is 46.9 Å². The van der Waals surface area contributed by atoms with Gasteiger partial charge in [-0.2, -0.15) is 5.26 Å². The van der Waals surface area contributed by atoms with Crippen LogP contribution in [0.15, 0.2) is 41.3 Å². The van der Waals surface area contributed by atoms with E-state index in [2.05, 4.69) is 21.8 Å². The van der Waals surface area contributed by atoms with Gasteiger partial charge in [-0.3, -0.25) is 0 Å². The lowest BCUT2D eigenvalue weighted by Gasteiger charge is -2.29. The average Bonchev–Trinajstić information content (AvgIpc) is 2.79. The van der Waals surface area contributed by atoms with Gasteiger partial charge in [0.25, 0.3) is 10.0 Å². The molecular formula is C23H29N3O4S. The first-order valence-corrected chi connectivity index (χ1v) is 12.0. The fraction of sp³-hybridized carbons (Fsp3) is 0.435. The molecule has 0 aliphatic carbocycles. The van der Waals surface area contributed by atoms with Crippen LogP contribution in [0.5, 0.6) is 0 Å². The summed E-state index contributed by atoms with van der Waals surface area (Å²) in [5.74, 6) is 0. The Morgan fingerprint density at radius 3 is 2.58 bits per heavy atom. The third-order valence-corrected chi connectivity index (χ3v) is 6.61. The summed E-state index contributed by atoms with van der Waals surface area (Å²) in [5, 5.41) is 11.5. The first kappa shape index (κ1) is 23.2. The van der Waals surface area contributed by atoms with E-state index in [4.69, 9.17) is 9.47 Å². The minimum absolute atomic E-state index is 0.0854. The second kappa shape index (κ2) is 11.3. The maximum absolute atomic E-state index is 12.5. The number of nitrogens with one attached hydrogen (secondary N) is 1. The summed E-state index contributed by atoms with van der Waals surface area (Å²) in [6, 6.07) is 13.8. The number of anilines is 1. The van der Waals surface area contributed by atoms with Gasteiger partial charge in [-0.25, -0.2) is 13.1 Å². The topological polar surface area (TPSA) is 91.7 Å². The maximum Gasteiger partial charge on any atom is 0.250 e. The number of methoxy groups -OCH3 is 1. The average molecular weight is 444 g/mol. The molecule has 1 heterocycles. The van der Waals surface area contributed by atoms with Gasteiger partial charge in [-0.1, -0.05) is 18.2 Å². The van der Waals surface area contributed by atoms with Crippen molar-refractivity contribution < 1.29 is 17.9 Å². The highest BCUT2D eigenvalue weighted by Crippen LogP contribution is 2.26. The van der Waals surface area contributed by atoms with Gasteiger partial charge in [0.15, 0.2) is 4.91 Å². The Morgan fingerprint density at radius 1 is 1.10 bits per heavy atom. The lowest BCUT2D eigenvalue weighted by molar-refractivity contribution is 0.0736. The zero-order valence-corrected chi connectivity index (χ0v) is 18.7. The Balaban J connectivity index is 1.71. The lowest BCUT2D eigenvalue weighted by Crippen LogP contribution is -2.29. The standard InChI is InChI=1S/C23H29N3O4S/c1-29-13-14-30-12-9-25-31(27,28)23(18-24)16-19-5-6-21-17-22(8-7-20(21)15-19)26-10-3-2-4-11-26/h5-8,15-17,25H,2-4,9-14H2,1H3/b23-16+. The number of sulfonamides is 1. The molecule has 0 spiro atoms. The molecular weight excluding hydrogens is 414 g/mol. The molecule has 2 aromatic rings. The number of hydrogen-bond donors (Lipinski definition) is 1. The zero-order valence-electron chi connectivity index (χ0n) is 17.8. The van der Waals surface area contributed by atoms with Crippen LogP contribution in [0.2, 0.25) is 0 Å². The van der Waals surface area contributed by atoms with Crippen molar-refractivity contribution in [3.8, 4) is 6.07 Å². The Kier molecular flexibility index (Phi) is 8.43. The predicted molar refractivity (Wildman–Crippen MR) is 123 cm³/mol. The molecule has 0 atom stereocenters. The van der Waals surface area contributed by atoms with E-state index in [1.807, 2.05) is 24.3 Å². The van der Waals surface area contributed by atoms with Crippen LogP contribution >= 0.6 is 0 Å². The minimum atomic E-state index is -3.91. The fourth-order valence-corrected chi connectivity index (χ4v) is 4.50. The fourth-order valence-electron chi connectivity index (χ4n) is 3.58. The number of nitriles is 1. The van der Waals surface area contributed by atoms with E-state index in [9.17, 15) is 13.7 Å². The van der Waals surface area contributed by atoms with E-state index in [-0.39, 0.29) is 18.1 Å². The Bertz CT molecular complexity index is 1050. The van der Waals surface area contributed by atoms with Gasteiger partial charge < -0.3 is 14.4 Å². The van der Waals surface area contributed by atoms with Crippen LogP contribution in [0, 0.1) is 11.3 Å². The zero-order chi connectivity index (χ0) is 22.1. The number of fused-ring (bicyclic) bond motifs is 1. The van der Waals surface area contributed by atoms with Gasteiger partial charge >= 0.3 is 0 Å². The van der Waals surface area contributed by atoms with E-state index in [0.29, 0.717) is 18.8 Å². The molecule has 1 N–H and O–H groups in total. The van der Waals surface area contributed by atoms with Crippen molar-refractivity contribution >= 4 is 32.6 Å². The number of hydrogen-bond acceptors (Lipinski definition) is 6. The quantitative estimate of drug-likeness (QED) is 0.448. The maximum atomic E-state index is 12.5. The lowest BCUT2D eigenvalue weighted by atomic mass is 10.0. The molecule has 31 heavy (non-hydrogen) atoms. The van der Waals surface area contributed by atoms with Crippen LogP contribution < -0.4 is 9.62 Å². The van der Waals surface area contributed by atoms with E-state index in [0.717, 1.165) is 23.9 Å². The normalized spacial score (nSPS) is 15.2. The van der Waals surface area contributed by atoms with E-state index in [1.165, 1.54) is 31.0 Å². The predicted octanol–water partition coefficient (Wildman–Crippen LogP) is 3.28. The number of benzene rings is 2. The first-order valence-electron chi connectivity index (χ1n) is 10.5. The molecule has 166 valence electrons. The SMILES string of the molecule is COCCOCCNS(=O)(=O)/C(C#N)=C/c1ccc2cc(N3CCCCC3)ccc2c1. The largest absolute Gasteiger partial charge is 0.382 e.